The average molecular weight is 391 g/mol. The van der Waals surface area contributed by atoms with E-state index in [0.717, 1.165) is 6.29 Å². The Bertz CT molecular complexity index is 887. The van der Waals surface area contributed by atoms with Crippen molar-refractivity contribution in [3.05, 3.63) is 28.8 Å². The minimum absolute atomic E-state index is 0.325. The first kappa shape index (κ1) is 19.2. The van der Waals surface area contributed by atoms with Crippen LogP contribution in [-0.2, 0) is 4.74 Å². The zero-order valence-corrected chi connectivity index (χ0v) is 16.4. The van der Waals surface area contributed by atoms with Gasteiger partial charge < -0.3 is 20.3 Å². The van der Waals surface area contributed by atoms with E-state index in [1.807, 2.05) is 25.7 Å². The molecule has 1 aromatic heterocycles. The summed E-state index contributed by atoms with van der Waals surface area (Å²) in [5.41, 5.74) is 7.06. The van der Waals surface area contributed by atoms with Crippen molar-refractivity contribution in [2.24, 2.45) is 0 Å². The van der Waals surface area contributed by atoms with Crippen LogP contribution in [-0.4, -0.2) is 54.0 Å². The molecule has 0 aliphatic carbocycles. The lowest BCUT2D eigenvalue weighted by Gasteiger charge is -2.36. The SMILES string of the molecule is CC(C)(C)OC(=O)N1CCN(c2nc3ccc(Cl)cc3c(C=O)c2N)CC1. The van der Waals surface area contributed by atoms with Crippen LogP contribution in [0.3, 0.4) is 0 Å². The molecule has 3 rings (SSSR count). The summed E-state index contributed by atoms with van der Waals surface area (Å²) < 4.78 is 5.42. The summed E-state index contributed by atoms with van der Waals surface area (Å²) in [5, 5.41) is 1.15. The lowest BCUT2D eigenvalue weighted by molar-refractivity contribution is 0.0240. The predicted octanol–water partition coefficient (Wildman–Crippen LogP) is 3.34. The predicted molar refractivity (Wildman–Crippen MR) is 107 cm³/mol. The number of ether oxygens (including phenoxy) is 1. The molecule has 2 N–H and O–H groups in total. The summed E-state index contributed by atoms with van der Waals surface area (Å²) in [6.07, 6.45) is 0.403. The molecule has 1 aliphatic heterocycles. The molecule has 1 aliphatic rings. The molecular formula is C19H23ClN4O3. The van der Waals surface area contributed by atoms with Gasteiger partial charge in [0.05, 0.1) is 16.8 Å². The van der Waals surface area contributed by atoms with E-state index in [9.17, 15) is 9.59 Å². The maximum atomic E-state index is 12.2. The number of hydrogen-bond donors (Lipinski definition) is 1. The highest BCUT2D eigenvalue weighted by atomic mass is 35.5. The number of rotatable bonds is 2. The van der Waals surface area contributed by atoms with Gasteiger partial charge in [0.1, 0.15) is 5.60 Å². The fraction of sp³-hybridized carbons (Fsp3) is 0.421. The molecule has 2 heterocycles. The summed E-state index contributed by atoms with van der Waals surface area (Å²) >= 11 is 6.04. The van der Waals surface area contributed by atoms with Crippen molar-refractivity contribution in [1.29, 1.82) is 0 Å². The van der Waals surface area contributed by atoms with E-state index < -0.39 is 5.60 Å². The molecule has 2 aromatic rings. The fourth-order valence-corrected chi connectivity index (χ4v) is 3.23. The first-order valence-corrected chi connectivity index (χ1v) is 9.14. The van der Waals surface area contributed by atoms with Crippen molar-refractivity contribution < 1.29 is 14.3 Å². The number of nitrogens with zero attached hydrogens (tertiary/aromatic N) is 3. The molecule has 0 spiro atoms. The molecule has 1 saturated heterocycles. The number of amides is 1. The van der Waals surface area contributed by atoms with E-state index in [4.69, 9.17) is 22.1 Å². The number of anilines is 2. The van der Waals surface area contributed by atoms with Gasteiger partial charge in [-0.1, -0.05) is 11.6 Å². The van der Waals surface area contributed by atoms with E-state index in [1.165, 1.54) is 0 Å². The summed E-state index contributed by atoms with van der Waals surface area (Å²) in [7, 11) is 0. The van der Waals surface area contributed by atoms with Crippen molar-refractivity contribution in [3.8, 4) is 0 Å². The number of aromatic nitrogens is 1. The minimum Gasteiger partial charge on any atom is -0.444 e. The molecule has 0 bridgehead atoms. The lowest BCUT2D eigenvalue weighted by Crippen LogP contribution is -2.50. The molecule has 1 amide bonds. The van der Waals surface area contributed by atoms with Gasteiger partial charge in [-0.25, -0.2) is 9.78 Å². The highest BCUT2D eigenvalue weighted by molar-refractivity contribution is 6.31. The quantitative estimate of drug-likeness (QED) is 0.791. The molecule has 27 heavy (non-hydrogen) atoms. The monoisotopic (exact) mass is 390 g/mol. The molecule has 0 unspecified atom stereocenters. The molecular weight excluding hydrogens is 368 g/mol. The van der Waals surface area contributed by atoms with Gasteiger partial charge in [-0.05, 0) is 39.0 Å². The zero-order valence-electron chi connectivity index (χ0n) is 15.7. The van der Waals surface area contributed by atoms with E-state index in [1.54, 1.807) is 23.1 Å². The topological polar surface area (TPSA) is 88.8 Å². The Morgan fingerprint density at radius 1 is 1.26 bits per heavy atom. The second-order valence-electron chi connectivity index (χ2n) is 7.50. The average Bonchev–Trinajstić information content (AvgIpc) is 2.60. The van der Waals surface area contributed by atoms with E-state index in [0.29, 0.717) is 59.2 Å². The summed E-state index contributed by atoms with van der Waals surface area (Å²) in [4.78, 5) is 32.1. The number of carbonyl (C=O) groups is 2. The van der Waals surface area contributed by atoms with Gasteiger partial charge in [0.25, 0.3) is 0 Å². The number of carbonyl (C=O) groups excluding carboxylic acids is 2. The molecule has 0 saturated carbocycles. The Hall–Kier alpha value is -2.54. The van der Waals surface area contributed by atoms with E-state index >= 15 is 0 Å². The van der Waals surface area contributed by atoms with Crippen molar-refractivity contribution in [1.82, 2.24) is 9.88 Å². The number of nitrogen functional groups attached to an aromatic ring is 1. The van der Waals surface area contributed by atoms with E-state index in [2.05, 4.69) is 4.98 Å². The second-order valence-corrected chi connectivity index (χ2v) is 7.93. The maximum Gasteiger partial charge on any atom is 0.410 e. The lowest BCUT2D eigenvalue weighted by atomic mass is 10.1. The minimum atomic E-state index is -0.529. The Morgan fingerprint density at radius 3 is 2.52 bits per heavy atom. The number of nitrogens with two attached hydrogens (primary N) is 1. The highest BCUT2D eigenvalue weighted by Crippen LogP contribution is 2.32. The number of benzene rings is 1. The van der Waals surface area contributed by atoms with Gasteiger partial charge in [-0.15, -0.1) is 0 Å². The second kappa shape index (κ2) is 7.23. The Labute approximate surface area is 163 Å². The molecule has 1 fully saturated rings. The largest absolute Gasteiger partial charge is 0.444 e. The number of halogens is 1. The fourth-order valence-electron chi connectivity index (χ4n) is 3.06. The Balaban J connectivity index is 1.83. The Kier molecular flexibility index (Phi) is 5.15. The number of aldehydes is 1. The first-order valence-electron chi connectivity index (χ1n) is 8.76. The summed E-state index contributed by atoms with van der Waals surface area (Å²) in [6.45, 7) is 7.61. The van der Waals surface area contributed by atoms with Crippen LogP contribution in [0.2, 0.25) is 5.02 Å². The third-order valence-electron chi connectivity index (χ3n) is 4.35. The van der Waals surface area contributed by atoms with Crippen molar-refractivity contribution in [3.63, 3.8) is 0 Å². The van der Waals surface area contributed by atoms with Crippen molar-refractivity contribution in [2.75, 3.05) is 36.8 Å². The summed E-state index contributed by atoms with van der Waals surface area (Å²) in [6, 6.07) is 5.19. The van der Waals surface area contributed by atoms with Gasteiger partial charge >= 0.3 is 6.09 Å². The third kappa shape index (κ3) is 4.08. The normalized spacial score (nSPS) is 15.1. The highest BCUT2D eigenvalue weighted by Gasteiger charge is 2.27. The smallest absolute Gasteiger partial charge is 0.410 e. The Morgan fingerprint density at radius 2 is 1.93 bits per heavy atom. The summed E-state index contributed by atoms with van der Waals surface area (Å²) in [5.74, 6) is 0.552. The first-order chi connectivity index (χ1) is 12.7. The van der Waals surface area contributed by atoms with E-state index in [-0.39, 0.29) is 6.09 Å². The van der Waals surface area contributed by atoms with Crippen molar-refractivity contribution in [2.45, 2.75) is 26.4 Å². The van der Waals surface area contributed by atoms with Gasteiger partial charge in [0.15, 0.2) is 12.1 Å². The molecule has 0 radical (unpaired) electrons. The molecule has 7 nitrogen and oxygen atoms in total. The van der Waals surface area contributed by atoms with Gasteiger partial charge in [-0.2, -0.15) is 0 Å². The number of pyridine rings is 1. The van der Waals surface area contributed by atoms with Crippen LogP contribution in [0.5, 0.6) is 0 Å². The number of fused-ring (bicyclic) bond motifs is 1. The van der Waals surface area contributed by atoms with Crippen molar-refractivity contribution >= 4 is 46.4 Å². The molecule has 8 heteroatoms. The van der Waals surface area contributed by atoms with Crippen LogP contribution < -0.4 is 10.6 Å². The standard InChI is InChI=1S/C19H23ClN4O3/c1-19(2,3)27-18(26)24-8-6-23(7-9-24)17-16(21)14(11-25)13-10-12(20)4-5-15(13)22-17/h4-5,10-11H,6-9,21H2,1-3H3. The molecule has 0 atom stereocenters. The van der Waals surface area contributed by atoms with Gasteiger partial charge in [0, 0.05) is 36.6 Å². The molecule has 144 valence electrons. The maximum absolute atomic E-state index is 12.2. The van der Waals surface area contributed by atoms with Crippen LogP contribution in [0.15, 0.2) is 18.2 Å². The van der Waals surface area contributed by atoms with Gasteiger partial charge in [0.2, 0.25) is 0 Å². The third-order valence-corrected chi connectivity index (χ3v) is 4.59. The van der Waals surface area contributed by atoms with Crippen LogP contribution >= 0.6 is 11.6 Å². The van der Waals surface area contributed by atoms with Gasteiger partial charge in [-0.3, -0.25) is 4.79 Å². The number of piperazine rings is 1. The van der Waals surface area contributed by atoms with Crippen LogP contribution in [0, 0.1) is 0 Å². The van der Waals surface area contributed by atoms with Crippen LogP contribution in [0.4, 0.5) is 16.3 Å². The zero-order chi connectivity index (χ0) is 19.8. The van der Waals surface area contributed by atoms with Crippen LogP contribution in [0.25, 0.3) is 10.9 Å². The number of hydrogen-bond acceptors (Lipinski definition) is 6. The van der Waals surface area contributed by atoms with Crippen LogP contribution in [0.1, 0.15) is 31.1 Å². The molecule has 1 aromatic carbocycles.